The second-order valence-corrected chi connectivity index (χ2v) is 5.27. The number of nitrogens with zero attached hydrogens (tertiary/aromatic N) is 3. The van der Waals surface area contributed by atoms with Gasteiger partial charge in [-0.1, -0.05) is 44.2 Å². The molecule has 2 rings (SSSR count). The van der Waals surface area contributed by atoms with Crippen LogP contribution in [0.5, 0.6) is 0 Å². The Kier molecular flexibility index (Phi) is 4.68. The molecule has 0 spiro atoms. The minimum absolute atomic E-state index is 0.311. The maximum absolute atomic E-state index is 4.32. The molecule has 0 radical (unpaired) electrons. The summed E-state index contributed by atoms with van der Waals surface area (Å²) in [7, 11) is 0. The van der Waals surface area contributed by atoms with Crippen LogP contribution in [0.2, 0.25) is 0 Å². The van der Waals surface area contributed by atoms with E-state index in [1.165, 1.54) is 5.56 Å². The highest BCUT2D eigenvalue weighted by Crippen LogP contribution is 2.12. The molecule has 0 aliphatic heterocycles. The van der Waals surface area contributed by atoms with Gasteiger partial charge in [-0.05, 0) is 18.4 Å². The Bertz CT molecular complexity index is 490. The molecule has 1 atom stereocenters. The average Bonchev–Trinajstić information content (AvgIpc) is 2.83. The Morgan fingerprint density at radius 3 is 2.58 bits per heavy atom. The summed E-state index contributed by atoms with van der Waals surface area (Å²) in [5, 5.41) is 7.76. The highest BCUT2D eigenvalue weighted by molar-refractivity contribution is 5.18. The van der Waals surface area contributed by atoms with E-state index in [0.717, 1.165) is 18.9 Å². The maximum atomic E-state index is 4.32. The number of benzene rings is 1. The lowest BCUT2D eigenvalue weighted by Gasteiger charge is -2.14. The summed E-state index contributed by atoms with van der Waals surface area (Å²) >= 11 is 0. The average molecular weight is 258 g/mol. The molecule has 0 aliphatic rings. The van der Waals surface area contributed by atoms with E-state index in [-0.39, 0.29) is 0 Å². The largest absolute Gasteiger partial charge is 0.303 e. The molecule has 102 valence electrons. The van der Waals surface area contributed by atoms with E-state index in [0.29, 0.717) is 12.0 Å². The third-order valence-corrected chi connectivity index (χ3v) is 3.10. The minimum Gasteiger partial charge on any atom is -0.303 e. The first-order valence-corrected chi connectivity index (χ1v) is 6.82. The SMILES string of the molecule is CC(C)Cn1ncnc1CN[C@@H](C)c1ccccc1. The van der Waals surface area contributed by atoms with Crippen LogP contribution in [0.1, 0.15) is 38.2 Å². The summed E-state index contributed by atoms with van der Waals surface area (Å²) in [6, 6.07) is 10.7. The normalized spacial score (nSPS) is 12.8. The van der Waals surface area contributed by atoms with Crippen molar-refractivity contribution < 1.29 is 0 Å². The third-order valence-electron chi connectivity index (χ3n) is 3.10. The van der Waals surface area contributed by atoms with Gasteiger partial charge in [0.2, 0.25) is 0 Å². The van der Waals surface area contributed by atoms with Crippen molar-refractivity contribution in [3.05, 3.63) is 48.0 Å². The Labute approximate surface area is 114 Å². The smallest absolute Gasteiger partial charge is 0.140 e. The molecule has 4 nitrogen and oxygen atoms in total. The van der Waals surface area contributed by atoms with Crippen LogP contribution in [-0.2, 0) is 13.1 Å². The summed E-state index contributed by atoms with van der Waals surface area (Å²) in [5.41, 5.74) is 1.29. The maximum Gasteiger partial charge on any atom is 0.140 e. The van der Waals surface area contributed by atoms with Gasteiger partial charge in [-0.15, -0.1) is 0 Å². The molecule has 0 aliphatic carbocycles. The van der Waals surface area contributed by atoms with Gasteiger partial charge < -0.3 is 5.32 Å². The van der Waals surface area contributed by atoms with Crippen LogP contribution in [-0.4, -0.2) is 14.8 Å². The zero-order valence-corrected chi connectivity index (χ0v) is 11.9. The van der Waals surface area contributed by atoms with Crippen LogP contribution < -0.4 is 5.32 Å². The fourth-order valence-corrected chi connectivity index (χ4v) is 2.03. The van der Waals surface area contributed by atoms with Crippen LogP contribution in [0, 0.1) is 5.92 Å². The molecule has 0 saturated heterocycles. The molecule has 0 amide bonds. The molecule has 1 heterocycles. The Morgan fingerprint density at radius 2 is 1.89 bits per heavy atom. The van der Waals surface area contributed by atoms with Gasteiger partial charge in [-0.2, -0.15) is 5.10 Å². The summed E-state index contributed by atoms with van der Waals surface area (Å²) in [4.78, 5) is 4.32. The highest BCUT2D eigenvalue weighted by Gasteiger charge is 2.09. The molecule has 2 aromatic rings. The fraction of sp³-hybridized carbons (Fsp3) is 0.467. The van der Waals surface area contributed by atoms with Crippen LogP contribution in [0.15, 0.2) is 36.7 Å². The highest BCUT2D eigenvalue weighted by atomic mass is 15.3. The van der Waals surface area contributed by atoms with E-state index >= 15 is 0 Å². The quantitative estimate of drug-likeness (QED) is 0.866. The van der Waals surface area contributed by atoms with Gasteiger partial charge in [-0.3, -0.25) is 0 Å². The predicted molar refractivity (Wildman–Crippen MR) is 76.6 cm³/mol. The molecule has 1 aromatic heterocycles. The lowest BCUT2D eigenvalue weighted by atomic mass is 10.1. The van der Waals surface area contributed by atoms with Crippen molar-refractivity contribution in [1.29, 1.82) is 0 Å². The van der Waals surface area contributed by atoms with Gasteiger partial charge >= 0.3 is 0 Å². The predicted octanol–water partition coefficient (Wildman–Crippen LogP) is 2.78. The first kappa shape index (κ1) is 13.7. The Hall–Kier alpha value is -1.68. The van der Waals surface area contributed by atoms with E-state index in [4.69, 9.17) is 0 Å². The molecule has 19 heavy (non-hydrogen) atoms. The zero-order valence-electron chi connectivity index (χ0n) is 11.9. The second kappa shape index (κ2) is 6.48. The topological polar surface area (TPSA) is 42.7 Å². The molecular weight excluding hydrogens is 236 g/mol. The van der Waals surface area contributed by atoms with E-state index in [1.807, 2.05) is 10.7 Å². The van der Waals surface area contributed by atoms with Crippen molar-refractivity contribution in [1.82, 2.24) is 20.1 Å². The monoisotopic (exact) mass is 258 g/mol. The fourth-order valence-electron chi connectivity index (χ4n) is 2.03. The van der Waals surface area contributed by atoms with E-state index in [1.54, 1.807) is 6.33 Å². The summed E-state index contributed by atoms with van der Waals surface area (Å²) in [5.74, 6) is 1.57. The molecule has 4 heteroatoms. The Balaban J connectivity index is 1.94. The van der Waals surface area contributed by atoms with Crippen molar-refractivity contribution in [2.45, 2.75) is 39.9 Å². The van der Waals surface area contributed by atoms with E-state index < -0.39 is 0 Å². The number of aromatic nitrogens is 3. The molecule has 0 unspecified atom stereocenters. The summed E-state index contributed by atoms with van der Waals surface area (Å²) in [6.45, 7) is 8.19. The molecule has 0 saturated carbocycles. The van der Waals surface area contributed by atoms with Gasteiger partial charge in [-0.25, -0.2) is 9.67 Å². The van der Waals surface area contributed by atoms with Crippen molar-refractivity contribution in [2.75, 3.05) is 0 Å². The van der Waals surface area contributed by atoms with Crippen LogP contribution in [0.4, 0.5) is 0 Å². The van der Waals surface area contributed by atoms with Crippen LogP contribution in [0.25, 0.3) is 0 Å². The number of hydrogen-bond acceptors (Lipinski definition) is 3. The lowest BCUT2D eigenvalue weighted by molar-refractivity contribution is 0.449. The van der Waals surface area contributed by atoms with Crippen LogP contribution >= 0.6 is 0 Å². The van der Waals surface area contributed by atoms with Crippen molar-refractivity contribution >= 4 is 0 Å². The summed E-state index contributed by atoms with van der Waals surface area (Å²) in [6.07, 6.45) is 1.63. The molecule has 1 N–H and O–H groups in total. The van der Waals surface area contributed by atoms with Gasteiger partial charge in [0.15, 0.2) is 0 Å². The van der Waals surface area contributed by atoms with Crippen molar-refractivity contribution in [2.24, 2.45) is 5.92 Å². The minimum atomic E-state index is 0.311. The zero-order chi connectivity index (χ0) is 13.7. The Morgan fingerprint density at radius 1 is 1.16 bits per heavy atom. The first-order valence-electron chi connectivity index (χ1n) is 6.82. The third kappa shape index (κ3) is 3.89. The molecule has 0 bridgehead atoms. The lowest BCUT2D eigenvalue weighted by Crippen LogP contribution is -2.21. The first-order chi connectivity index (χ1) is 9.16. The molecule has 0 fully saturated rings. The van der Waals surface area contributed by atoms with Gasteiger partial charge in [0.05, 0.1) is 6.54 Å². The second-order valence-electron chi connectivity index (χ2n) is 5.27. The van der Waals surface area contributed by atoms with Gasteiger partial charge in [0, 0.05) is 12.6 Å². The number of rotatable bonds is 6. The number of nitrogens with one attached hydrogen (secondary N) is 1. The van der Waals surface area contributed by atoms with Gasteiger partial charge in [0.1, 0.15) is 12.2 Å². The number of hydrogen-bond donors (Lipinski definition) is 1. The van der Waals surface area contributed by atoms with Crippen LogP contribution in [0.3, 0.4) is 0 Å². The summed E-state index contributed by atoms with van der Waals surface area (Å²) < 4.78 is 1.98. The standard InChI is InChI=1S/C15H22N4/c1-12(2)10-19-15(17-11-18-19)9-16-13(3)14-7-5-4-6-8-14/h4-8,11-13,16H,9-10H2,1-3H3/t13-/m0/s1. The van der Waals surface area contributed by atoms with E-state index in [2.05, 4.69) is 60.4 Å². The van der Waals surface area contributed by atoms with E-state index in [9.17, 15) is 0 Å². The van der Waals surface area contributed by atoms with Gasteiger partial charge in [0.25, 0.3) is 0 Å². The molecule has 1 aromatic carbocycles. The van der Waals surface area contributed by atoms with Crippen molar-refractivity contribution in [3.63, 3.8) is 0 Å². The molecular formula is C15H22N4. The van der Waals surface area contributed by atoms with Crippen molar-refractivity contribution in [3.8, 4) is 0 Å².